The summed E-state index contributed by atoms with van der Waals surface area (Å²) in [6.45, 7) is 6.80. The van der Waals surface area contributed by atoms with E-state index in [-0.39, 0.29) is 12.5 Å². The molecule has 0 aliphatic carbocycles. The van der Waals surface area contributed by atoms with Crippen molar-refractivity contribution in [3.8, 4) is 5.75 Å². The van der Waals surface area contributed by atoms with Crippen molar-refractivity contribution in [3.05, 3.63) is 71.4 Å². The fourth-order valence-corrected chi connectivity index (χ4v) is 3.06. The van der Waals surface area contributed by atoms with Gasteiger partial charge in [-0.25, -0.2) is 0 Å². The Labute approximate surface area is 160 Å². The summed E-state index contributed by atoms with van der Waals surface area (Å²) in [5.41, 5.74) is 4.23. The van der Waals surface area contributed by atoms with Crippen molar-refractivity contribution in [2.45, 2.75) is 39.7 Å². The van der Waals surface area contributed by atoms with E-state index in [9.17, 15) is 4.79 Å². The maximum absolute atomic E-state index is 12.2. The molecular formula is C23H26N2O2. The standard InChI is InChI=1S/C23H26N2O2/c1-4-16(2)18-9-11-20(12-10-18)27-15-23(26)24-14-19-13-17(3)25-22-8-6-5-7-21(19)22/h5-13,16H,4,14-15H2,1-3H3,(H,24,26). The van der Waals surface area contributed by atoms with E-state index in [0.29, 0.717) is 18.2 Å². The Morgan fingerprint density at radius 1 is 1.15 bits per heavy atom. The number of rotatable bonds is 7. The van der Waals surface area contributed by atoms with Crippen LogP contribution in [0.1, 0.15) is 43.0 Å². The highest BCUT2D eigenvalue weighted by atomic mass is 16.5. The summed E-state index contributed by atoms with van der Waals surface area (Å²) in [6.07, 6.45) is 1.10. The lowest BCUT2D eigenvalue weighted by Crippen LogP contribution is -2.28. The Kier molecular flexibility index (Phi) is 6.07. The summed E-state index contributed by atoms with van der Waals surface area (Å²) in [4.78, 5) is 16.7. The van der Waals surface area contributed by atoms with Crippen molar-refractivity contribution in [1.82, 2.24) is 10.3 Å². The van der Waals surface area contributed by atoms with Crippen molar-refractivity contribution in [3.63, 3.8) is 0 Å². The number of aromatic nitrogens is 1. The highest BCUT2D eigenvalue weighted by molar-refractivity contribution is 5.83. The third-order valence-electron chi connectivity index (χ3n) is 4.84. The van der Waals surface area contributed by atoms with Crippen LogP contribution in [0.3, 0.4) is 0 Å². The summed E-state index contributed by atoms with van der Waals surface area (Å²) >= 11 is 0. The van der Waals surface area contributed by atoms with E-state index in [1.165, 1.54) is 5.56 Å². The first-order valence-electron chi connectivity index (χ1n) is 9.41. The number of ether oxygens (including phenoxy) is 1. The van der Waals surface area contributed by atoms with E-state index in [1.54, 1.807) is 0 Å². The molecule has 140 valence electrons. The van der Waals surface area contributed by atoms with Crippen LogP contribution in [0.15, 0.2) is 54.6 Å². The molecule has 0 saturated heterocycles. The molecule has 0 fully saturated rings. The van der Waals surface area contributed by atoms with Gasteiger partial charge in [0, 0.05) is 17.6 Å². The minimum atomic E-state index is -0.139. The van der Waals surface area contributed by atoms with Gasteiger partial charge in [-0.3, -0.25) is 9.78 Å². The summed E-state index contributed by atoms with van der Waals surface area (Å²) in [6, 6.07) is 18.0. The van der Waals surface area contributed by atoms with Crippen LogP contribution in [-0.2, 0) is 11.3 Å². The van der Waals surface area contributed by atoms with E-state index in [2.05, 4.69) is 36.3 Å². The van der Waals surface area contributed by atoms with Crippen molar-refractivity contribution in [1.29, 1.82) is 0 Å². The second kappa shape index (κ2) is 8.67. The Hall–Kier alpha value is -2.88. The van der Waals surface area contributed by atoms with Crippen molar-refractivity contribution >= 4 is 16.8 Å². The number of amides is 1. The number of aryl methyl sites for hydroxylation is 1. The van der Waals surface area contributed by atoms with Gasteiger partial charge in [-0.2, -0.15) is 0 Å². The number of hydrogen-bond donors (Lipinski definition) is 1. The summed E-state index contributed by atoms with van der Waals surface area (Å²) in [7, 11) is 0. The smallest absolute Gasteiger partial charge is 0.258 e. The molecule has 0 radical (unpaired) electrons. The van der Waals surface area contributed by atoms with E-state index >= 15 is 0 Å². The van der Waals surface area contributed by atoms with Gasteiger partial charge in [-0.1, -0.05) is 44.2 Å². The van der Waals surface area contributed by atoms with Crippen LogP contribution in [0, 0.1) is 6.92 Å². The minimum absolute atomic E-state index is 0.00464. The molecule has 4 nitrogen and oxygen atoms in total. The van der Waals surface area contributed by atoms with Crippen molar-refractivity contribution in [2.75, 3.05) is 6.61 Å². The summed E-state index contributed by atoms with van der Waals surface area (Å²) < 4.78 is 5.61. The van der Waals surface area contributed by atoms with Gasteiger partial charge in [-0.15, -0.1) is 0 Å². The first-order chi connectivity index (χ1) is 13.1. The number of fused-ring (bicyclic) bond motifs is 1. The summed E-state index contributed by atoms with van der Waals surface area (Å²) in [5, 5.41) is 4.00. The van der Waals surface area contributed by atoms with Gasteiger partial charge in [0.25, 0.3) is 5.91 Å². The number of nitrogens with zero attached hydrogens (tertiary/aromatic N) is 1. The zero-order valence-electron chi connectivity index (χ0n) is 16.2. The molecule has 0 saturated carbocycles. The third kappa shape index (κ3) is 4.85. The van der Waals surface area contributed by atoms with Gasteiger partial charge in [-0.05, 0) is 54.7 Å². The third-order valence-corrected chi connectivity index (χ3v) is 4.84. The molecule has 3 aromatic rings. The average molecular weight is 362 g/mol. The lowest BCUT2D eigenvalue weighted by atomic mass is 9.99. The van der Waals surface area contributed by atoms with Crippen LogP contribution in [0.2, 0.25) is 0 Å². The van der Waals surface area contributed by atoms with Crippen LogP contribution < -0.4 is 10.1 Å². The highest BCUT2D eigenvalue weighted by Gasteiger charge is 2.08. The second-order valence-corrected chi connectivity index (χ2v) is 6.88. The van der Waals surface area contributed by atoms with Gasteiger partial charge in [0.15, 0.2) is 6.61 Å². The first-order valence-corrected chi connectivity index (χ1v) is 9.41. The topological polar surface area (TPSA) is 51.2 Å². The molecule has 1 N–H and O–H groups in total. The molecule has 1 atom stereocenters. The Balaban J connectivity index is 1.56. The van der Waals surface area contributed by atoms with Crippen LogP contribution >= 0.6 is 0 Å². The zero-order valence-corrected chi connectivity index (χ0v) is 16.2. The monoisotopic (exact) mass is 362 g/mol. The fraction of sp³-hybridized carbons (Fsp3) is 0.304. The van der Waals surface area contributed by atoms with E-state index in [4.69, 9.17) is 4.74 Å². The molecule has 0 aliphatic heterocycles. The molecule has 3 rings (SSSR count). The quantitative estimate of drug-likeness (QED) is 0.660. The predicted octanol–water partition coefficient (Wildman–Crippen LogP) is 4.75. The van der Waals surface area contributed by atoms with Crippen LogP contribution in [0.5, 0.6) is 5.75 Å². The van der Waals surface area contributed by atoms with Gasteiger partial charge < -0.3 is 10.1 Å². The molecule has 1 amide bonds. The number of nitrogens with one attached hydrogen (secondary N) is 1. The number of carbonyl (C=O) groups excluding carboxylic acids is 1. The molecule has 0 spiro atoms. The molecule has 2 aromatic carbocycles. The lowest BCUT2D eigenvalue weighted by molar-refractivity contribution is -0.123. The van der Waals surface area contributed by atoms with Gasteiger partial charge in [0.05, 0.1) is 5.52 Å². The normalized spacial score (nSPS) is 12.0. The summed E-state index contributed by atoms with van der Waals surface area (Å²) in [5.74, 6) is 1.10. The number of pyridine rings is 1. The van der Waals surface area contributed by atoms with Gasteiger partial charge >= 0.3 is 0 Å². The molecule has 1 unspecified atom stereocenters. The van der Waals surface area contributed by atoms with Crippen LogP contribution in [0.25, 0.3) is 10.9 Å². The average Bonchev–Trinajstić information content (AvgIpc) is 2.70. The highest BCUT2D eigenvalue weighted by Crippen LogP contribution is 2.21. The Morgan fingerprint density at radius 3 is 2.63 bits per heavy atom. The molecular weight excluding hydrogens is 336 g/mol. The maximum atomic E-state index is 12.2. The molecule has 1 aromatic heterocycles. The van der Waals surface area contributed by atoms with Gasteiger partial charge in [0.2, 0.25) is 0 Å². The lowest BCUT2D eigenvalue weighted by Gasteiger charge is -2.12. The molecule has 0 aliphatic rings. The number of benzene rings is 2. The van der Waals surface area contributed by atoms with E-state index < -0.39 is 0 Å². The van der Waals surface area contributed by atoms with Gasteiger partial charge in [0.1, 0.15) is 5.75 Å². The SMILES string of the molecule is CCC(C)c1ccc(OCC(=O)NCc2cc(C)nc3ccccc23)cc1. The minimum Gasteiger partial charge on any atom is -0.484 e. The Morgan fingerprint density at radius 2 is 1.89 bits per heavy atom. The molecule has 1 heterocycles. The predicted molar refractivity (Wildman–Crippen MR) is 109 cm³/mol. The molecule has 27 heavy (non-hydrogen) atoms. The van der Waals surface area contributed by atoms with Crippen LogP contribution in [-0.4, -0.2) is 17.5 Å². The zero-order chi connectivity index (χ0) is 19.2. The number of hydrogen-bond acceptors (Lipinski definition) is 3. The second-order valence-electron chi connectivity index (χ2n) is 6.88. The maximum Gasteiger partial charge on any atom is 0.258 e. The van der Waals surface area contributed by atoms with Crippen molar-refractivity contribution in [2.24, 2.45) is 0 Å². The van der Waals surface area contributed by atoms with Crippen LogP contribution in [0.4, 0.5) is 0 Å². The molecule has 0 bridgehead atoms. The van der Waals surface area contributed by atoms with E-state index in [0.717, 1.165) is 28.6 Å². The first kappa shape index (κ1) is 18.9. The Bertz CT molecular complexity index is 919. The van der Waals surface area contributed by atoms with Crippen molar-refractivity contribution < 1.29 is 9.53 Å². The number of carbonyl (C=O) groups is 1. The van der Waals surface area contributed by atoms with E-state index in [1.807, 2.05) is 49.4 Å². The largest absolute Gasteiger partial charge is 0.484 e. The fourth-order valence-electron chi connectivity index (χ4n) is 3.06. The number of para-hydroxylation sites is 1. The molecule has 4 heteroatoms.